The summed E-state index contributed by atoms with van der Waals surface area (Å²) < 4.78 is 5.12. The number of carbonyl (C=O) groups is 2. The molecule has 1 aromatic heterocycles. The largest absolute Gasteiger partial charge is 0.497 e. The predicted molar refractivity (Wildman–Crippen MR) is 106 cm³/mol. The van der Waals surface area contributed by atoms with Crippen LogP contribution in [0.4, 0.5) is 0 Å². The Labute approximate surface area is 162 Å². The van der Waals surface area contributed by atoms with Gasteiger partial charge < -0.3 is 15.4 Å². The van der Waals surface area contributed by atoms with Crippen molar-refractivity contribution in [2.24, 2.45) is 0 Å². The van der Waals surface area contributed by atoms with Gasteiger partial charge in [0.15, 0.2) is 0 Å². The van der Waals surface area contributed by atoms with E-state index in [0.29, 0.717) is 23.5 Å². The highest BCUT2D eigenvalue weighted by molar-refractivity contribution is 7.12. The van der Waals surface area contributed by atoms with Crippen molar-refractivity contribution in [2.75, 3.05) is 7.11 Å². The van der Waals surface area contributed by atoms with Gasteiger partial charge in [-0.3, -0.25) is 9.59 Å². The van der Waals surface area contributed by atoms with E-state index < -0.39 is 0 Å². The number of benzene rings is 2. The molecular formula is C21H20N2O3S. The molecule has 0 atom stereocenters. The highest BCUT2D eigenvalue weighted by Crippen LogP contribution is 2.12. The van der Waals surface area contributed by atoms with Gasteiger partial charge in [0.1, 0.15) is 5.75 Å². The van der Waals surface area contributed by atoms with Crippen molar-refractivity contribution < 1.29 is 14.3 Å². The van der Waals surface area contributed by atoms with E-state index in [-0.39, 0.29) is 11.8 Å². The third kappa shape index (κ3) is 5.18. The van der Waals surface area contributed by atoms with Crippen molar-refractivity contribution >= 4 is 23.2 Å². The van der Waals surface area contributed by atoms with Crippen molar-refractivity contribution in [1.82, 2.24) is 10.6 Å². The first-order chi connectivity index (χ1) is 13.2. The Kier molecular flexibility index (Phi) is 6.22. The Morgan fingerprint density at radius 1 is 0.852 bits per heavy atom. The summed E-state index contributed by atoms with van der Waals surface area (Å²) in [7, 11) is 1.62. The molecule has 138 valence electrons. The van der Waals surface area contributed by atoms with Crippen LogP contribution < -0.4 is 15.4 Å². The topological polar surface area (TPSA) is 67.4 Å². The Balaban J connectivity index is 1.50. The van der Waals surface area contributed by atoms with E-state index in [0.717, 1.165) is 16.9 Å². The van der Waals surface area contributed by atoms with Crippen LogP contribution in [0.25, 0.3) is 0 Å². The molecule has 3 rings (SSSR count). The summed E-state index contributed by atoms with van der Waals surface area (Å²) in [4.78, 5) is 24.9. The second-order valence-electron chi connectivity index (χ2n) is 5.89. The number of hydrogen-bond acceptors (Lipinski definition) is 4. The average Bonchev–Trinajstić information content (AvgIpc) is 3.26. The molecule has 1 heterocycles. The molecule has 0 aliphatic carbocycles. The van der Waals surface area contributed by atoms with Crippen molar-refractivity contribution in [1.29, 1.82) is 0 Å². The summed E-state index contributed by atoms with van der Waals surface area (Å²) in [6, 6.07) is 18.4. The molecule has 0 aliphatic rings. The standard InChI is InChI=1S/C21H20N2O3S/c1-26-18-10-6-16(7-11-18)13-22-20(24)17-8-4-15(5-9-17)14-23-21(25)19-3-2-12-27-19/h2-12H,13-14H2,1H3,(H,22,24)(H,23,25). The van der Waals surface area contributed by atoms with Crippen molar-refractivity contribution in [3.63, 3.8) is 0 Å². The molecule has 0 unspecified atom stereocenters. The zero-order valence-electron chi connectivity index (χ0n) is 14.9. The van der Waals surface area contributed by atoms with Gasteiger partial charge in [-0.05, 0) is 46.8 Å². The van der Waals surface area contributed by atoms with Gasteiger partial charge in [0.05, 0.1) is 12.0 Å². The highest BCUT2D eigenvalue weighted by atomic mass is 32.1. The van der Waals surface area contributed by atoms with Gasteiger partial charge in [0, 0.05) is 18.7 Å². The lowest BCUT2D eigenvalue weighted by Gasteiger charge is -2.08. The van der Waals surface area contributed by atoms with Gasteiger partial charge in [0.25, 0.3) is 11.8 Å². The maximum Gasteiger partial charge on any atom is 0.261 e. The van der Waals surface area contributed by atoms with E-state index in [4.69, 9.17) is 4.74 Å². The third-order valence-corrected chi connectivity index (χ3v) is 4.89. The summed E-state index contributed by atoms with van der Waals surface area (Å²) in [6.45, 7) is 0.867. The molecule has 2 amide bonds. The van der Waals surface area contributed by atoms with Crippen LogP contribution in [-0.4, -0.2) is 18.9 Å². The minimum Gasteiger partial charge on any atom is -0.497 e. The second-order valence-corrected chi connectivity index (χ2v) is 6.84. The summed E-state index contributed by atoms with van der Waals surface area (Å²) >= 11 is 1.41. The van der Waals surface area contributed by atoms with E-state index in [1.54, 1.807) is 25.3 Å². The molecule has 27 heavy (non-hydrogen) atoms. The van der Waals surface area contributed by atoms with Gasteiger partial charge in [-0.15, -0.1) is 11.3 Å². The van der Waals surface area contributed by atoms with Gasteiger partial charge in [0.2, 0.25) is 0 Å². The Morgan fingerprint density at radius 2 is 1.44 bits per heavy atom. The SMILES string of the molecule is COc1ccc(CNC(=O)c2ccc(CNC(=O)c3cccs3)cc2)cc1. The van der Waals surface area contributed by atoms with Crippen LogP contribution in [0.3, 0.4) is 0 Å². The minimum atomic E-state index is -0.139. The second kappa shape index (κ2) is 9.00. The number of rotatable bonds is 7. The fourth-order valence-electron chi connectivity index (χ4n) is 2.48. The molecule has 0 fully saturated rings. The molecule has 2 aromatic carbocycles. The maximum absolute atomic E-state index is 12.3. The number of ether oxygens (including phenoxy) is 1. The monoisotopic (exact) mass is 380 g/mol. The summed E-state index contributed by atoms with van der Waals surface area (Å²) in [5.74, 6) is 0.554. The molecule has 0 aliphatic heterocycles. The van der Waals surface area contributed by atoms with Crippen molar-refractivity contribution in [3.05, 3.63) is 87.6 Å². The van der Waals surface area contributed by atoms with Gasteiger partial charge >= 0.3 is 0 Å². The summed E-state index contributed by atoms with van der Waals surface area (Å²) in [5.41, 5.74) is 2.51. The molecule has 5 nitrogen and oxygen atoms in total. The average molecular weight is 380 g/mol. The predicted octanol–water partition coefficient (Wildman–Crippen LogP) is 3.62. The zero-order chi connectivity index (χ0) is 19.1. The van der Waals surface area contributed by atoms with Gasteiger partial charge in [-0.25, -0.2) is 0 Å². The van der Waals surface area contributed by atoms with Crippen LogP contribution in [0.15, 0.2) is 66.0 Å². The number of nitrogens with one attached hydrogen (secondary N) is 2. The summed E-state index contributed by atoms with van der Waals surface area (Å²) in [6.07, 6.45) is 0. The fraction of sp³-hybridized carbons (Fsp3) is 0.143. The van der Waals surface area contributed by atoms with Crippen LogP contribution >= 0.6 is 11.3 Å². The zero-order valence-corrected chi connectivity index (χ0v) is 15.7. The molecular weight excluding hydrogens is 360 g/mol. The molecule has 0 radical (unpaired) electrons. The summed E-state index contributed by atoms with van der Waals surface area (Å²) in [5, 5.41) is 7.63. The van der Waals surface area contributed by atoms with Crippen LogP contribution in [-0.2, 0) is 13.1 Å². The van der Waals surface area contributed by atoms with Crippen LogP contribution in [0, 0.1) is 0 Å². The molecule has 0 bridgehead atoms. The molecule has 0 saturated heterocycles. The number of amides is 2. The Hall–Kier alpha value is -3.12. The number of carbonyl (C=O) groups excluding carboxylic acids is 2. The molecule has 2 N–H and O–H groups in total. The highest BCUT2D eigenvalue weighted by Gasteiger charge is 2.08. The van der Waals surface area contributed by atoms with Gasteiger partial charge in [-0.1, -0.05) is 30.3 Å². The number of hydrogen-bond donors (Lipinski definition) is 2. The molecule has 6 heteroatoms. The lowest BCUT2D eigenvalue weighted by atomic mass is 10.1. The van der Waals surface area contributed by atoms with E-state index in [1.165, 1.54) is 11.3 Å². The van der Waals surface area contributed by atoms with E-state index in [9.17, 15) is 9.59 Å². The normalized spacial score (nSPS) is 10.3. The quantitative estimate of drug-likeness (QED) is 0.658. The first-order valence-corrected chi connectivity index (χ1v) is 9.35. The third-order valence-electron chi connectivity index (χ3n) is 4.03. The Bertz CT molecular complexity index is 888. The Morgan fingerprint density at radius 3 is 2.00 bits per heavy atom. The van der Waals surface area contributed by atoms with E-state index >= 15 is 0 Å². The number of methoxy groups -OCH3 is 1. The molecule has 3 aromatic rings. The smallest absolute Gasteiger partial charge is 0.261 e. The maximum atomic E-state index is 12.3. The van der Waals surface area contributed by atoms with Crippen molar-refractivity contribution in [3.8, 4) is 5.75 Å². The minimum absolute atomic E-state index is 0.0914. The molecule has 0 saturated carbocycles. The van der Waals surface area contributed by atoms with E-state index in [1.807, 2.05) is 47.8 Å². The van der Waals surface area contributed by atoms with Crippen LogP contribution in [0.1, 0.15) is 31.2 Å². The fourth-order valence-corrected chi connectivity index (χ4v) is 3.12. The van der Waals surface area contributed by atoms with Gasteiger partial charge in [-0.2, -0.15) is 0 Å². The van der Waals surface area contributed by atoms with E-state index in [2.05, 4.69) is 10.6 Å². The van der Waals surface area contributed by atoms with Crippen LogP contribution in [0.5, 0.6) is 5.75 Å². The van der Waals surface area contributed by atoms with Crippen LogP contribution in [0.2, 0.25) is 0 Å². The lowest BCUT2D eigenvalue weighted by molar-refractivity contribution is 0.0943. The first kappa shape index (κ1) is 18.7. The first-order valence-electron chi connectivity index (χ1n) is 8.47. The molecule has 0 spiro atoms. The number of thiophene rings is 1. The van der Waals surface area contributed by atoms with Crippen molar-refractivity contribution in [2.45, 2.75) is 13.1 Å². The lowest BCUT2D eigenvalue weighted by Crippen LogP contribution is -2.23.